The molecule has 0 saturated carbocycles. The molecule has 4 rings (SSSR count). The smallest absolute Gasteiger partial charge is 0.290 e. The highest BCUT2D eigenvalue weighted by Gasteiger charge is 2.27. The normalized spacial score (nSPS) is 13.8. The van der Waals surface area contributed by atoms with Gasteiger partial charge in [0.2, 0.25) is 0 Å². The second kappa shape index (κ2) is 8.41. The van der Waals surface area contributed by atoms with E-state index in [1.54, 1.807) is 0 Å². The summed E-state index contributed by atoms with van der Waals surface area (Å²) in [5.74, 6) is -0.116. The maximum atomic E-state index is 12.3. The number of hydrogen-bond acceptors (Lipinski definition) is 8. The fraction of sp³-hybridized carbons (Fsp3) is 0.0556. The summed E-state index contributed by atoms with van der Waals surface area (Å²) in [7, 11) is -4.07. The van der Waals surface area contributed by atoms with Crippen LogP contribution in [0.1, 0.15) is 12.0 Å². The van der Waals surface area contributed by atoms with Crippen LogP contribution in [0.25, 0.3) is 0 Å². The van der Waals surface area contributed by atoms with E-state index in [2.05, 4.69) is 20.4 Å². The van der Waals surface area contributed by atoms with E-state index in [9.17, 15) is 18.0 Å². The Bertz CT molecular complexity index is 1280. The van der Waals surface area contributed by atoms with Crippen LogP contribution in [-0.2, 0) is 14.8 Å². The molecule has 0 saturated heterocycles. The van der Waals surface area contributed by atoms with E-state index in [0.717, 1.165) is 21.9 Å². The number of halogens is 1. The van der Waals surface area contributed by atoms with Crippen LogP contribution in [0.4, 0.5) is 16.4 Å². The van der Waals surface area contributed by atoms with Gasteiger partial charge in [-0.25, -0.2) is 27.9 Å². The molecule has 0 unspecified atom stereocenters. The number of hydrogen-bond donors (Lipinski definition) is 2. The van der Waals surface area contributed by atoms with Crippen molar-refractivity contribution in [1.82, 2.24) is 14.7 Å². The van der Waals surface area contributed by atoms with Crippen molar-refractivity contribution in [2.45, 2.75) is 10.6 Å². The van der Waals surface area contributed by atoms with E-state index in [4.69, 9.17) is 11.6 Å². The van der Waals surface area contributed by atoms with Crippen molar-refractivity contribution >= 4 is 62.2 Å². The molecule has 13 heteroatoms. The number of nitrogens with zero attached hydrogens (tertiary/aromatic N) is 4. The van der Waals surface area contributed by atoms with Crippen LogP contribution in [0.5, 0.6) is 0 Å². The van der Waals surface area contributed by atoms with E-state index < -0.39 is 16.1 Å². The van der Waals surface area contributed by atoms with E-state index >= 15 is 0 Å². The molecule has 0 spiro atoms. The molecule has 10 nitrogen and oxygen atoms in total. The zero-order valence-electron chi connectivity index (χ0n) is 15.5. The predicted molar refractivity (Wildman–Crippen MR) is 116 cm³/mol. The third-order valence-corrected chi connectivity index (χ3v) is 7.07. The van der Waals surface area contributed by atoms with Crippen LogP contribution in [0, 0.1) is 0 Å². The average Bonchev–Trinajstić information content (AvgIpc) is 3.35. The first-order valence-electron chi connectivity index (χ1n) is 8.69. The van der Waals surface area contributed by atoms with Crippen molar-refractivity contribution in [2.24, 2.45) is 5.10 Å². The summed E-state index contributed by atoms with van der Waals surface area (Å²) in [4.78, 5) is 32.4. The second-order valence-electron chi connectivity index (χ2n) is 6.17. The van der Waals surface area contributed by atoms with Gasteiger partial charge in [-0.3, -0.25) is 10.1 Å². The zero-order chi connectivity index (χ0) is 22.0. The summed E-state index contributed by atoms with van der Waals surface area (Å²) >= 11 is 6.54. The molecular formula is C18H13ClN6O4S2. The van der Waals surface area contributed by atoms with Crippen molar-refractivity contribution in [2.75, 3.05) is 10.3 Å². The first-order valence-corrected chi connectivity index (χ1v) is 11.4. The number of nitrogens with one attached hydrogen (secondary N) is 2. The second-order valence-corrected chi connectivity index (χ2v) is 9.80. The lowest BCUT2D eigenvalue weighted by atomic mass is 10.1. The Hall–Kier alpha value is -3.35. The lowest BCUT2D eigenvalue weighted by molar-refractivity contribution is -0.116. The highest BCUT2D eigenvalue weighted by atomic mass is 35.5. The first-order chi connectivity index (χ1) is 14.8. The number of benzene rings is 1. The van der Waals surface area contributed by atoms with E-state index in [1.165, 1.54) is 24.5 Å². The molecule has 1 aliphatic heterocycles. The lowest BCUT2D eigenvalue weighted by Gasteiger charge is -2.11. The molecule has 3 aromatic rings. The van der Waals surface area contributed by atoms with E-state index in [0.29, 0.717) is 5.71 Å². The molecule has 0 atom stereocenters. The van der Waals surface area contributed by atoms with Crippen LogP contribution in [0.2, 0.25) is 4.34 Å². The van der Waals surface area contributed by atoms with Crippen molar-refractivity contribution in [3.8, 4) is 0 Å². The number of carbonyl (C=O) groups excluding carboxylic acids is 2. The maximum Gasteiger partial charge on any atom is 0.334 e. The fourth-order valence-electron chi connectivity index (χ4n) is 2.65. The van der Waals surface area contributed by atoms with Gasteiger partial charge >= 0.3 is 6.03 Å². The number of hydrazone groups is 1. The molecule has 0 fully saturated rings. The van der Waals surface area contributed by atoms with Gasteiger partial charge in [0.1, 0.15) is 4.21 Å². The molecule has 2 aromatic heterocycles. The molecule has 0 radical (unpaired) electrons. The minimum absolute atomic E-state index is 0.0143. The summed E-state index contributed by atoms with van der Waals surface area (Å²) in [6.07, 6.45) is 2.56. The maximum absolute atomic E-state index is 12.3. The number of carbonyl (C=O) groups is 2. The lowest BCUT2D eigenvalue weighted by Crippen LogP contribution is -2.34. The van der Waals surface area contributed by atoms with Gasteiger partial charge in [-0.15, -0.1) is 11.3 Å². The van der Waals surface area contributed by atoms with Crippen LogP contribution in [-0.4, -0.2) is 36.0 Å². The van der Waals surface area contributed by atoms with Crippen molar-refractivity contribution in [3.63, 3.8) is 0 Å². The highest BCUT2D eigenvalue weighted by molar-refractivity contribution is 7.92. The number of amides is 3. The Balaban J connectivity index is 1.43. The monoisotopic (exact) mass is 476 g/mol. The Morgan fingerprint density at radius 1 is 1.10 bits per heavy atom. The van der Waals surface area contributed by atoms with Gasteiger partial charge in [-0.05, 0) is 17.7 Å². The summed E-state index contributed by atoms with van der Waals surface area (Å²) in [5.41, 5.74) is 1.43. The van der Waals surface area contributed by atoms with Gasteiger partial charge in [0.15, 0.2) is 11.6 Å². The molecule has 158 valence electrons. The SMILES string of the molecule is O=C(Nc1cnc(N2N=C(c3ccccc3)CC2=O)cn1)NS(=O)(=O)c1ccc(Cl)s1. The average molecular weight is 477 g/mol. The summed E-state index contributed by atoms with van der Waals surface area (Å²) in [5, 5.41) is 7.69. The molecule has 3 amide bonds. The molecule has 0 bridgehead atoms. The Morgan fingerprint density at radius 2 is 1.87 bits per heavy atom. The minimum Gasteiger partial charge on any atom is -0.290 e. The quantitative estimate of drug-likeness (QED) is 0.581. The third-order valence-electron chi connectivity index (χ3n) is 4.02. The van der Waals surface area contributed by atoms with Crippen LogP contribution in [0.3, 0.4) is 0 Å². The standard InChI is InChI=1S/C18H13ClN6O4S2/c19-13-6-7-17(30-13)31(28,29)24-18(27)22-14-9-21-15(10-20-14)25-16(26)8-12(23-25)11-4-2-1-3-5-11/h1-7,9-10H,8H2,(H2,20,22,24,27). The topological polar surface area (TPSA) is 134 Å². The first kappa shape index (κ1) is 20.9. The van der Waals surface area contributed by atoms with Crippen LogP contribution >= 0.6 is 22.9 Å². The van der Waals surface area contributed by atoms with Crippen LogP contribution < -0.4 is 15.0 Å². The van der Waals surface area contributed by atoms with Gasteiger partial charge in [-0.1, -0.05) is 41.9 Å². The number of aromatic nitrogens is 2. The fourth-order valence-corrected chi connectivity index (χ4v) is 5.04. The largest absolute Gasteiger partial charge is 0.334 e. The van der Waals surface area contributed by atoms with Crippen LogP contribution in [0.15, 0.2) is 64.2 Å². The van der Waals surface area contributed by atoms with Gasteiger partial charge in [0, 0.05) is 0 Å². The number of urea groups is 1. The predicted octanol–water partition coefficient (Wildman–Crippen LogP) is 2.84. The molecular weight excluding hydrogens is 464 g/mol. The summed E-state index contributed by atoms with van der Waals surface area (Å²) < 4.78 is 26.3. The highest BCUT2D eigenvalue weighted by Crippen LogP contribution is 2.25. The molecule has 3 heterocycles. The Labute approximate surface area is 185 Å². The van der Waals surface area contributed by atoms with E-state index in [1.807, 2.05) is 35.1 Å². The molecule has 31 heavy (non-hydrogen) atoms. The minimum atomic E-state index is -4.07. The number of sulfonamides is 1. The number of anilines is 2. The Morgan fingerprint density at radius 3 is 2.52 bits per heavy atom. The summed E-state index contributed by atoms with van der Waals surface area (Å²) in [6, 6.07) is 11.0. The van der Waals surface area contributed by atoms with Gasteiger partial charge in [0.25, 0.3) is 15.9 Å². The zero-order valence-corrected chi connectivity index (χ0v) is 17.9. The third kappa shape index (κ3) is 4.71. The van der Waals surface area contributed by atoms with Crippen molar-refractivity contribution < 1.29 is 18.0 Å². The molecule has 2 N–H and O–H groups in total. The number of rotatable bonds is 5. The van der Waals surface area contributed by atoms with Crippen molar-refractivity contribution in [1.29, 1.82) is 0 Å². The molecule has 1 aliphatic rings. The van der Waals surface area contributed by atoms with Crippen molar-refractivity contribution in [3.05, 3.63) is 64.8 Å². The van der Waals surface area contributed by atoms with Gasteiger partial charge in [0.05, 0.1) is 28.9 Å². The number of thiophene rings is 1. The molecule has 0 aliphatic carbocycles. The Kier molecular flexibility index (Phi) is 5.67. The summed E-state index contributed by atoms with van der Waals surface area (Å²) in [6.45, 7) is 0. The van der Waals surface area contributed by atoms with E-state index in [-0.39, 0.29) is 32.5 Å². The van der Waals surface area contributed by atoms with Gasteiger partial charge in [-0.2, -0.15) is 10.1 Å². The molecule has 1 aromatic carbocycles. The van der Waals surface area contributed by atoms with Gasteiger partial charge < -0.3 is 0 Å².